The number of rotatable bonds is 0. The molecule has 0 aromatic heterocycles. The van der Waals surface area contributed by atoms with E-state index in [9.17, 15) is 5.11 Å². The molecule has 1 fully saturated rings. The lowest BCUT2D eigenvalue weighted by Crippen LogP contribution is -2.57. The van der Waals surface area contributed by atoms with Gasteiger partial charge in [0.25, 0.3) is 0 Å². The number of phenolic OH excluding ortho intramolecular Hbond substituents is 1. The Labute approximate surface area is 114 Å². The number of likely N-dealkylation sites (tertiary alicyclic amines) is 1. The van der Waals surface area contributed by atoms with Crippen molar-refractivity contribution in [1.29, 1.82) is 0 Å². The van der Waals surface area contributed by atoms with Gasteiger partial charge in [-0.3, -0.25) is 0 Å². The third-order valence-corrected chi connectivity index (χ3v) is 5.70. The van der Waals surface area contributed by atoms with E-state index in [-0.39, 0.29) is 5.41 Å². The highest BCUT2D eigenvalue weighted by Gasteiger charge is 2.50. The molecule has 1 aliphatic heterocycles. The van der Waals surface area contributed by atoms with Crippen LogP contribution in [0.15, 0.2) is 30.4 Å². The molecule has 2 aliphatic carbocycles. The van der Waals surface area contributed by atoms with Gasteiger partial charge in [-0.2, -0.15) is 0 Å². The molecule has 4 rings (SSSR count). The monoisotopic (exact) mass is 255 g/mol. The Morgan fingerprint density at radius 1 is 1.37 bits per heavy atom. The van der Waals surface area contributed by atoms with Crippen molar-refractivity contribution in [2.24, 2.45) is 11.8 Å². The van der Waals surface area contributed by atoms with Crippen molar-refractivity contribution in [1.82, 2.24) is 4.90 Å². The molecule has 100 valence electrons. The van der Waals surface area contributed by atoms with Crippen LogP contribution in [0.25, 0.3) is 0 Å². The van der Waals surface area contributed by atoms with Crippen LogP contribution in [0, 0.1) is 11.8 Å². The number of fused-ring (bicyclic) bond motifs is 3. The van der Waals surface area contributed by atoms with Crippen molar-refractivity contribution in [3.63, 3.8) is 0 Å². The van der Waals surface area contributed by atoms with Gasteiger partial charge < -0.3 is 10.0 Å². The fourth-order valence-corrected chi connectivity index (χ4v) is 4.67. The van der Waals surface area contributed by atoms with Crippen LogP contribution in [0.1, 0.15) is 24.5 Å². The largest absolute Gasteiger partial charge is 0.508 e. The number of likely N-dealkylation sites (N-methyl/N-ethyl adjacent to an activating group) is 1. The Balaban J connectivity index is 1.94. The van der Waals surface area contributed by atoms with Crippen molar-refractivity contribution in [2.45, 2.75) is 31.2 Å². The molecule has 1 aromatic rings. The molecule has 1 aromatic carbocycles. The molecule has 19 heavy (non-hydrogen) atoms. The van der Waals surface area contributed by atoms with Gasteiger partial charge in [0.05, 0.1) is 0 Å². The minimum Gasteiger partial charge on any atom is -0.508 e. The summed E-state index contributed by atoms with van der Waals surface area (Å²) in [6.07, 6.45) is 7.26. The molecular weight excluding hydrogens is 234 g/mol. The lowest BCUT2D eigenvalue weighted by atomic mass is 9.56. The maximum atomic E-state index is 9.84. The molecule has 2 nitrogen and oxygen atoms in total. The molecule has 1 saturated heterocycles. The summed E-state index contributed by atoms with van der Waals surface area (Å²) in [4.78, 5) is 2.55. The van der Waals surface area contributed by atoms with E-state index in [1.165, 1.54) is 24.1 Å². The van der Waals surface area contributed by atoms with Gasteiger partial charge in [0, 0.05) is 18.0 Å². The summed E-state index contributed by atoms with van der Waals surface area (Å²) in [5.41, 5.74) is 2.86. The quantitative estimate of drug-likeness (QED) is 0.721. The number of benzene rings is 1. The Kier molecular flexibility index (Phi) is 2.21. The predicted octanol–water partition coefficient (Wildman–Crippen LogP) is 2.71. The number of phenols is 1. The molecule has 3 aliphatic rings. The van der Waals surface area contributed by atoms with E-state index in [2.05, 4.69) is 37.1 Å². The highest BCUT2D eigenvalue weighted by Crippen LogP contribution is 2.52. The minimum atomic E-state index is 0.0994. The number of allylic oxidation sites excluding steroid dienone is 1. The molecule has 0 radical (unpaired) electrons. The van der Waals surface area contributed by atoms with E-state index in [1.54, 1.807) is 0 Å². The number of aromatic hydroxyl groups is 1. The van der Waals surface area contributed by atoms with Gasteiger partial charge in [-0.1, -0.05) is 25.1 Å². The third kappa shape index (κ3) is 1.47. The lowest BCUT2D eigenvalue weighted by Gasteiger charge is -2.55. The predicted molar refractivity (Wildman–Crippen MR) is 76.3 cm³/mol. The molecule has 2 bridgehead atoms. The summed E-state index contributed by atoms with van der Waals surface area (Å²) < 4.78 is 0. The van der Waals surface area contributed by atoms with Crippen LogP contribution in [-0.4, -0.2) is 29.6 Å². The fraction of sp³-hybridized carbons (Fsp3) is 0.529. The Morgan fingerprint density at radius 2 is 2.21 bits per heavy atom. The second-order valence-electron chi connectivity index (χ2n) is 6.80. The molecule has 0 amide bonds. The Morgan fingerprint density at radius 3 is 3.05 bits per heavy atom. The van der Waals surface area contributed by atoms with Crippen LogP contribution in [-0.2, 0) is 11.8 Å². The SMILES string of the molecule is CN1CC2C=C[C@@]3(C)c4cc(O)ccc4CC1C3C2. The first-order chi connectivity index (χ1) is 9.08. The van der Waals surface area contributed by atoms with Crippen LogP contribution in [0.4, 0.5) is 0 Å². The highest BCUT2D eigenvalue weighted by molar-refractivity contribution is 5.47. The van der Waals surface area contributed by atoms with Crippen molar-refractivity contribution >= 4 is 0 Å². The van der Waals surface area contributed by atoms with Crippen LogP contribution < -0.4 is 0 Å². The number of hydrogen-bond acceptors (Lipinski definition) is 2. The summed E-state index contributed by atoms with van der Waals surface area (Å²) in [6, 6.07) is 6.60. The molecule has 3 unspecified atom stereocenters. The maximum Gasteiger partial charge on any atom is 0.115 e. The zero-order valence-corrected chi connectivity index (χ0v) is 11.6. The zero-order valence-electron chi connectivity index (χ0n) is 11.6. The van der Waals surface area contributed by atoms with Gasteiger partial charge in [-0.05, 0) is 55.0 Å². The van der Waals surface area contributed by atoms with Crippen LogP contribution in [0.5, 0.6) is 5.75 Å². The zero-order chi connectivity index (χ0) is 13.2. The van der Waals surface area contributed by atoms with Gasteiger partial charge in [-0.15, -0.1) is 0 Å². The number of hydrogen-bond donors (Lipinski definition) is 1. The topological polar surface area (TPSA) is 23.5 Å². The van der Waals surface area contributed by atoms with Gasteiger partial charge in [-0.25, -0.2) is 0 Å². The summed E-state index contributed by atoms with van der Waals surface area (Å²) in [6.45, 7) is 3.55. The van der Waals surface area contributed by atoms with Gasteiger partial charge in [0.2, 0.25) is 0 Å². The van der Waals surface area contributed by atoms with E-state index < -0.39 is 0 Å². The summed E-state index contributed by atoms with van der Waals surface area (Å²) in [5, 5.41) is 9.84. The first kappa shape index (κ1) is 11.5. The Bertz CT molecular complexity index is 564. The van der Waals surface area contributed by atoms with Crippen molar-refractivity contribution < 1.29 is 5.11 Å². The smallest absolute Gasteiger partial charge is 0.115 e. The molecule has 2 heteroatoms. The highest BCUT2D eigenvalue weighted by atomic mass is 16.3. The first-order valence-corrected chi connectivity index (χ1v) is 7.30. The van der Waals surface area contributed by atoms with Gasteiger partial charge in [0.1, 0.15) is 5.75 Å². The average molecular weight is 255 g/mol. The lowest BCUT2D eigenvalue weighted by molar-refractivity contribution is 0.0431. The summed E-state index contributed by atoms with van der Waals surface area (Å²) in [7, 11) is 2.27. The normalized spacial score (nSPS) is 40.0. The summed E-state index contributed by atoms with van der Waals surface area (Å²) >= 11 is 0. The third-order valence-electron chi connectivity index (χ3n) is 5.70. The van der Waals surface area contributed by atoms with E-state index in [0.717, 1.165) is 12.3 Å². The van der Waals surface area contributed by atoms with Crippen molar-refractivity contribution in [3.8, 4) is 5.75 Å². The van der Waals surface area contributed by atoms with E-state index in [4.69, 9.17) is 0 Å². The van der Waals surface area contributed by atoms with Crippen molar-refractivity contribution in [2.75, 3.05) is 13.6 Å². The fourth-order valence-electron chi connectivity index (χ4n) is 4.67. The van der Waals surface area contributed by atoms with Crippen molar-refractivity contribution in [3.05, 3.63) is 41.5 Å². The summed E-state index contributed by atoms with van der Waals surface area (Å²) in [5.74, 6) is 1.81. The second-order valence-corrected chi connectivity index (χ2v) is 6.80. The Hall–Kier alpha value is -1.28. The number of piperidine rings is 1. The van der Waals surface area contributed by atoms with Crippen LogP contribution in [0.3, 0.4) is 0 Å². The first-order valence-electron chi connectivity index (χ1n) is 7.30. The molecule has 0 spiro atoms. The van der Waals surface area contributed by atoms with Crippen LogP contribution >= 0.6 is 0 Å². The van der Waals surface area contributed by atoms with Gasteiger partial charge in [0.15, 0.2) is 0 Å². The maximum absolute atomic E-state index is 9.84. The van der Waals surface area contributed by atoms with Gasteiger partial charge >= 0.3 is 0 Å². The molecule has 0 saturated carbocycles. The van der Waals surface area contributed by atoms with Crippen LogP contribution in [0.2, 0.25) is 0 Å². The molecule has 4 atom stereocenters. The van der Waals surface area contributed by atoms with E-state index >= 15 is 0 Å². The minimum absolute atomic E-state index is 0.0994. The molecular formula is C17H21NO. The van der Waals surface area contributed by atoms with E-state index in [0.29, 0.717) is 17.7 Å². The standard InChI is InChI=1S/C17H21NO/c1-17-6-5-11-7-15(17)16(18(2)10-11)8-12-3-4-13(19)9-14(12)17/h3-6,9,11,15-16,19H,7-8,10H2,1-2H3/t11?,15?,16?,17-/m0/s1. The molecule has 1 N–H and O–H groups in total. The second kappa shape index (κ2) is 3.63. The number of nitrogens with zero attached hydrogens (tertiary/aromatic N) is 1. The van der Waals surface area contributed by atoms with E-state index in [1.807, 2.05) is 12.1 Å². The molecule has 1 heterocycles. The average Bonchev–Trinajstić information content (AvgIpc) is 2.39.